The van der Waals surface area contributed by atoms with Crippen LogP contribution in [0.5, 0.6) is 0 Å². The molecule has 25 heavy (non-hydrogen) atoms. The lowest BCUT2D eigenvalue weighted by Crippen LogP contribution is -2.25. The fourth-order valence-electron chi connectivity index (χ4n) is 2.82. The third kappa shape index (κ3) is 3.43. The standard InChI is InChI=1S/C18H17Cl2N3O2/c1-2-22-14-8-3-4-9-15(14)23(18(22)25)11-10-16(24)21-13-7-5-6-12(19)17(13)20/h3-9H,2,10-11H2,1H3,(H,21,24). The first-order valence-corrected chi connectivity index (χ1v) is 8.70. The van der Waals surface area contributed by atoms with E-state index in [4.69, 9.17) is 23.2 Å². The van der Waals surface area contributed by atoms with Gasteiger partial charge in [0.05, 0.1) is 26.8 Å². The number of benzene rings is 2. The number of aryl methyl sites for hydroxylation is 2. The van der Waals surface area contributed by atoms with Gasteiger partial charge in [0.25, 0.3) is 0 Å². The van der Waals surface area contributed by atoms with Crippen LogP contribution in [0.1, 0.15) is 13.3 Å². The summed E-state index contributed by atoms with van der Waals surface area (Å²) >= 11 is 12.0. The minimum atomic E-state index is -0.232. The van der Waals surface area contributed by atoms with Crippen molar-refractivity contribution in [3.63, 3.8) is 0 Å². The predicted molar refractivity (Wildman–Crippen MR) is 102 cm³/mol. The van der Waals surface area contributed by atoms with E-state index in [2.05, 4.69) is 5.32 Å². The Morgan fingerprint density at radius 3 is 2.40 bits per heavy atom. The molecule has 1 aromatic heterocycles. The SMILES string of the molecule is CCn1c(=O)n(CCC(=O)Nc2cccc(Cl)c2Cl)c2ccccc21. The van der Waals surface area contributed by atoms with Gasteiger partial charge in [-0.3, -0.25) is 13.9 Å². The van der Waals surface area contributed by atoms with Crippen molar-refractivity contribution in [2.75, 3.05) is 5.32 Å². The summed E-state index contributed by atoms with van der Waals surface area (Å²) in [5.41, 5.74) is 2.04. The molecule has 0 atom stereocenters. The molecular weight excluding hydrogens is 361 g/mol. The fraction of sp³-hybridized carbons (Fsp3) is 0.222. The van der Waals surface area contributed by atoms with Crippen molar-refractivity contribution >= 4 is 45.8 Å². The Kier molecular flexibility index (Phi) is 5.16. The zero-order valence-corrected chi connectivity index (χ0v) is 15.1. The number of aromatic nitrogens is 2. The number of imidazole rings is 1. The second-order valence-corrected chi connectivity index (χ2v) is 6.35. The molecule has 3 rings (SSSR count). The van der Waals surface area contributed by atoms with E-state index in [9.17, 15) is 9.59 Å². The van der Waals surface area contributed by atoms with Gasteiger partial charge >= 0.3 is 5.69 Å². The Balaban J connectivity index is 1.79. The van der Waals surface area contributed by atoms with Crippen molar-refractivity contribution in [1.82, 2.24) is 9.13 Å². The minimum Gasteiger partial charge on any atom is -0.325 e. The van der Waals surface area contributed by atoms with Crippen LogP contribution in [-0.2, 0) is 17.9 Å². The highest BCUT2D eigenvalue weighted by Gasteiger charge is 2.13. The highest BCUT2D eigenvalue weighted by Crippen LogP contribution is 2.29. The van der Waals surface area contributed by atoms with Crippen LogP contribution in [0.4, 0.5) is 5.69 Å². The lowest BCUT2D eigenvalue weighted by atomic mass is 10.3. The van der Waals surface area contributed by atoms with E-state index in [1.807, 2.05) is 31.2 Å². The van der Waals surface area contributed by atoms with Gasteiger partial charge in [-0.05, 0) is 31.2 Å². The molecule has 1 amide bonds. The highest BCUT2D eigenvalue weighted by molar-refractivity contribution is 6.43. The molecule has 2 aromatic carbocycles. The summed E-state index contributed by atoms with van der Waals surface area (Å²) in [6, 6.07) is 12.6. The maximum Gasteiger partial charge on any atom is 0.329 e. The number of carbonyl (C=O) groups is 1. The predicted octanol–water partition coefficient (Wildman–Crippen LogP) is 4.16. The second kappa shape index (κ2) is 7.33. The number of anilines is 1. The number of halogens is 2. The molecule has 0 aliphatic heterocycles. The van der Waals surface area contributed by atoms with E-state index >= 15 is 0 Å². The molecule has 0 radical (unpaired) electrons. The Morgan fingerprint density at radius 1 is 1.04 bits per heavy atom. The van der Waals surface area contributed by atoms with Gasteiger partial charge in [0.1, 0.15) is 0 Å². The maximum atomic E-state index is 12.5. The number of amides is 1. The van der Waals surface area contributed by atoms with Gasteiger partial charge < -0.3 is 5.32 Å². The zero-order valence-electron chi connectivity index (χ0n) is 13.6. The van der Waals surface area contributed by atoms with E-state index in [0.29, 0.717) is 22.3 Å². The van der Waals surface area contributed by atoms with Crippen LogP contribution < -0.4 is 11.0 Å². The molecular formula is C18H17Cl2N3O2. The molecule has 130 valence electrons. The van der Waals surface area contributed by atoms with Crippen LogP contribution >= 0.6 is 23.2 Å². The Morgan fingerprint density at radius 2 is 1.72 bits per heavy atom. The summed E-state index contributed by atoms with van der Waals surface area (Å²) in [6.07, 6.45) is 0.153. The van der Waals surface area contributed by atoms with Crippen LogP contribution in [0, 0.1) is 0 Å². The quantitative estimate of drug-likeness (QED) is 0.725. The number of hydrogen-bond donors (Lipinski definition) is 1. The Hall–Kier alpha value is -2.24. The zero-order chi connectivity index (χ0) is 18.0. The van der Waals surface area contributed by atoms with Gasteiger partial charge in [0, 0.05) is 19.5 Å². The van der Waals surface area contributed by atoms with Crippen molar-refractivity contribution < 1.29 is 4.79 Å². The summed E-state index contributed by atoms with van der Waals surface area (Å²) in [5.74, 6) is -0.232. The first kappa shape index (κ1) is 17.6. The molecule has 0 spiro atoms. The minimum absolute atomic E-state index is 0.114. The van der Waals surface area contributed by atoms with E-state index < -0.39 is 0 Å². The molecule has 0 fully saturated rings. The van der Waals surface area contributed by atoms with Crippen molar-refractivity contribution in [2.24, 2.45) is 0 Å². The van der Waals surface area contributed by atoms with Gasteiger partial charge in [-0.15, -0.1) is 0 Å². The second-order valence-electron chi connectivity index (χ2n) is 5.57. The van der Waals surface area contributed by atoms with Crippen LogP contribution in [0.25, 0.3) is 11.0 Å². The van der Waals surface area contributed by atoms with Crippen LogP contribution in [0.2, 0.25) is 10.0 Å². The first-order chi connectivity index (χ1) is 12.0. The molecule has 7 heteroatoms. The highest BCUT2D eigenvalue weighted by atomic mass is 35.5. The van der Waals surface area contributed by atoms with Crippen molar-refractivity contribution in [2.45, 2.75) is 26.4 Å². The molecule has 0 aliphatic carbocycles. The number of nitrogens with one attached hydrogen (secondary N) is 1. The summed E-state index contributed by atoms with van der Waals surface area (Å²) < 4.78 is 3.32. The maximum absolute atomic E-state index is 12.5. The van der Waals surface area contributed by atoms with Gasteiger partial charge in [-0.1, -0.05) is 41.4 Å². The summed E-state index contributed by atoms with van der Waals surface area (Å²) in [4.78, 5) is 24.8. The molecule has 0 aliphatic rings. The lowest BCUT2D eigenvalue weighted by Gasteiger charge is -2.08. The normalized spacial score (nSPS) is 11.0. The Labute approximate surface area is 154 Å². The van der Waals surface area contributed by atoms with Crippen LogP contribution in [0.3, 0.4) is 0 Å². The summed E-state index contributed by atoms with van der Waals surface area (Å²) in [7, 11) is 0. The van der Waals surface area contributed by atoms with E-state index in [0.717, 1.165) is 11.0 Å². The van der Waals surface area contributed by atoms with Crippen LogP contribution in [-0.4, -0.2) is 15.0 Å². The van der Waals surface area contributed by atoms with Gasteiger partial charge in [-0.2, -0.15) is 0 Å². The average Bonchev–Trinajstić information content (AvgIpc) is 2.88. The van der Waals surface area contributed by atoms with E-state index in [1.165, 1.54) is 0 Å². The topological polar surface area (TPSA) is 56.0 Å². The fourth-order valence-corrected chi connectivity index (χ4v) is 3.17. The van der Waals surface area contributed by atoms with Crippen molar-refractivity contribution in [3.8, 4) is 0 Å². The van der Waals surface area contributed by atoms with Gasteiger partial charge in [0.15, 0.2) is 0 Å². The van der Waals surface area contributed by atoms with Crippen molar-refractivity contribution in [1.29, 1.82) is 0 Å². The molecule has 3 aromatic rings. The molecule has 0 saturated carbocycles. The molecule has 0 unspecified atom stereocenters. The third-order valence-electron chi connectivity index (χ3n) is 4.03. The average molecular weight is 378 g/mol. The molecule has 1 heterocycles. The number of hydrogen-bond acceptors (Lipinski definition) is 2. The summed E-state index contributed by atoms with van der Waals surface area (Å²) in [6.45, 7) is 2.79. The lowest BCUT2D eigenvalue weighted by molar-refractivity contribution is -0.116. The number of fused-ring (bicyclic) bond motifs is 1. The third-order valence-corrected chi connectivity index (χ3v) is 4.85. The Bertz CT molecular complexity index is 992. The summed E-state index contributed by atoms with van der Waals surface area (Å²) in [5, 5.41) is 3.41. The number of para-hydroxylation sites is 2. The molecule has 0 bridgehead atoms. The first-order valence-electron chi connectivity index (χ1n) is 7.95. The number of rotatable bonds is 5. The van der Waals surface area contributed by atoms with Crippen molar-refractivity contribution in [3.05, 3.63) is 63.0 Å². The van der Waals surface area contributed by atoms with Gasteiger partial charge in [0.2, 0.25) is 5.91 Å². The largest absolute Gasteiger partial charge is 0.329 e. The number of nitrogens with zero attached hydrogens (tertiary/aromatic N) is 2. The van der Waals surface area contributed by atoms with E-state index in [-0.39, 0.29) is 24.6 Å². The monoisotopic (exact) mass is 377 g/mol. The van der Waals surface area contributed by atoms with Crippen LogP contribution in [0.15, 0.2) is 47.3 Å². The molecule has 5 nitrogen and oxygen atoms in total. The van der Waals surface area contributed by atoms with E-state index in [1.54, 1.807) is 27.3 Å². The van der Waals surface area contributed by atoms with Gasteiger partial charge in [-0.25, -0.2) is 4.79 Å². The molecule has 0 saturated heterocycles. The smallest absolute Gasteiger partial charge is 0.325 e. The number of carbonyl (C=O) groups excluding carboxylic acids is 1. The molecule has 1 N–H and O–H groups in total.